The van der Waals surface area contributed by atoms with Crippen LogP contribution in [0.1, 0.15) is 91.9 Å². The Morgan fingerprint density at radius 1 is 1.00 bits per heavy atom. The Morgan fingerprint density at radius 3 is 2.41 bits per heavy atom. The van der Waals surface area contributed by atoms with E-state index < -0.39 is 11.9 Å². The molecule has 4 aliphatic rings. The fraction of sp³-hybridized carbons (Fsp3) is 0.963. The molecule has 5 nitrogen and oxygen atoms in total. The second-order valence-corrected chi connectivity index (χ2v) is 12.7. The summed E-state index contributed by atoms with van der Waals surface area (Å²) in [5.41, 5.74) is -0.0743. The van der Waals surface area contributed by atoms with Crippen molar-refractivity contribution in [1.82, 2.24) is 0 Å². The van der Waals surface area contributed by atoms with Crippen LogP contribution in [0.3, 0.4) is 0 Å². The normalized spacial score (nSPS) is 50.1. The fourth-order valence-corrected chi connectivity index (χ4v) is 9.20. The number of carboxylic acids is 1. The van der Waals surface area contributed by atoms with Gasteiger partial charge >= 0.3 is 0 Å². The Morgan fingerprint density at radius 2 is 1.72 bits per heavy atom. The molecule has 0 spiro atoms. The topological polar surface area (TPSA) is 101 Å². The lowest BCUT2D eigenvalue weighted by atomic mass is 9.43. The van der Waals surface area contributed by atoms with Crippen LogP contribution in [-0.4, -0.2) is 39.6 Å². The molecule has 0 amide bonds. The largest absolute Gasteiger partial charge is 0.550 e. The van der Waals surface area contributed by atoms with E-state index in [-0.39, 0.29) is 35.1 Å². The van der Waals surface area contributed by atoms with Gasteiger partial charge in [0.1, 0.15) is 0 Å². The van der Waals surface area contributed by atoms with Crippen LogP contribution in [0.15, 0.2) is 0 Å². The van der Waals surface area contributed by atoms with Gasteiger partial charge in [-0.15, -0.1) is 0 Å². The first-order valence-corrected chi connectivity index (χ1v) is 13.2. The summed E-state index contributed by atoms with van der Waals surface area (Å²) < 4.78 is 0. The molecule has 12 atom stereocenters. The number of carbonyl (C=O) groups excluding carboxylic acids is 1. The molecule has 0 aliphatic heterocycles. The summed E-state index contributed by atoms with van der Waals surface area (Å²) in [4.78, 5) is 11.0. The van der Waals surface area contributed by atoms with E-state index in [1.165, 1.54) is 0 Å². The molecule has 0 aromatic carbocycles. The van der Waals surface area contributed by atoms with Crippen LogP contribution in [0.2, 0.25) is 0 Å². The Bertz CT molecular complexity index is 696. The molecule has 5 heteroatoms. The van der Waals surface area contributed by atoms with E-state index in [1.807, 2.05) is 0 Å². The number of rotatable bonds is 6. The van der Waals surface area contributed by atoms with Crippen LogP contribution >= 0.6 is 0 Å². The number of hydrogen-bond acceptors (Lipinski definition) is 5. The average molecular weight is 450 g/mol. The van der Waals surface area contributed by atoms with Gasteiger partial charge in [0.25, 0.3) is 0 Å². The minimum Gasteiger partial charge on any atom is -0.550 e. The van der Waals surface area contributed by atoms with E-state index in [0.29, 0.717) is 36.0 Å². The zero-order valence-corrected chi connectivity index (χ0v) is 20.5. The maximum absolute atomic E-state index is 11.6. The first-order valence-electron chi connectivity index (χ1n) is 13.2. The van der Waals surface area contributed by atoms with Gasteiger partial charge in [-0.2, -0.15) is 0 Å². The molecule has 4 rings (SSSR count). The highest BCUT2D eigenvalue weighted by atomic mass is 16.4. The summed E-state index contributed by atoms with van der Waals surface area (Å²) in [5.74, 6) is 0.728. The third-order valence-corrected chi connectivity index (χ3v) is 11.2. The van der Waals surface area contributed by atoms with Gasteiger partial charge in [-0.1, -0.05) is 40.5 Å². The van der Waals surface area contributed by atoms with E-state index in [1.54, 1.807) is 6.92 Å². The number of hydrogen-bond donors (Lipinski definition) is 3. The monoisotopic (exact) mass is 449 g/mol. The molecule has 4 saturated carbocycles. The SMILES string of the molecule is C[C@H](CCC[C@@H](C)[C@H]1CC[C@H]2[C@@H]3[C@H](O)C[C@@H]4C[C@H](O)CC[C@]4(C)[C@H]3C[C@H](O)[C@]12C)C(=O)[O-]. The van der Waals surface area contributed by atoms with E-state index >= 15 is 0 Å². The molecule has 184 valence electrons. The first kappa shape index (κ1) is 24.5. The summed E-state index contributed by atoms with van der Waals surface area (Å²) in [5, 5.41) is 44.2. The van der Waals surface area contributed by atoms with Gasteiger partial charge < -0.3 is 25.2 Å². The summed E-state index contributed by atoms with van der Waals surface area (Å²) in [6, 6.07) is 0. The predicted octanol–water partition coefficient (Wildman–Crippen LogP) is 3.14. The number of fused-ring (bicyclic) bond motifs is 5. The molecule has 0 aromatic heterocycles. The maximum Gasteiger partial charge on any atom is 0.0602 e. The van der Waals surface area contributed by atoms with Crippen LogP contribution in [0, 0.1) is 52.3 Å². The van der Waals surface area contributed by atoms with E-state index in [9.17, 15) is 25.2 Å². The van der Waals surface area contributed by atoms with Crippen LogP contribution in [0.4, 0.5) is 0 Å². The molecule has 0 heterocycles. The summed E-state index contributed by atoms with van der Waals surface area (Å²) >= 11 is 0. The lowest BCUT2D eigenvalue weighted by Crippen LogP contribution is -2.62. The van der Waals surface area contributed by atoms with Gasteiger partial charge in [0.15, 0.2) is 0 Å². The van der Waals surface area contributed by atoms with Gasteiger partial charge in [0, 0.05) is 5.97 Å². The van der Waals surface area contributed by atoms with Crippen molar-refractivity contribution in [2.24, 2.45) is 52.3 Å². The lowest BCUT2D eigenvalue weighted by molar-refractivity contribution is -0.311. The van der Waals surface area contributed by atoms with Crippen molar-refractivity contribution in [2.75, 3.05) is 0 Å². The van der Waals surface area contributed by atoms with Crippen molar-refractivity contribution in [2.45, 2.75) is 110 Å². The van der Waals surface area contributed by atoms with Crippen molar-refractivity contribution in [3.05, 3.63) is 0 Å². The molecule has 0 radical (unpaired) electrons. The van der Waals surface area contributed by atoms with Crippen molar-refractivity contribution in [1.29, 1.82) is 0 Å². The first-order chi connectivity index (χ1) is 15.0. The van der Waals surface area contributed by atoms with Crippen LogP contribution in [-0.2, 0) is 4.79 Å². The third kappa shape index (κ3) is 3.84. The summed E-state index contributed by atoms with van der Waals surface area (Å²) in [7, 11) is 0. The zero-order valence-electron chi connectivity index (χ0n) is 20.5. The highest BCUT2D eigenvalue weighted by Gasteiger charge is 2.65. The summed E-state index contributed by atoms with van der Waals surface area (Å²) in [6.07, 6.45) is 7.91. The van der Waals surface area contributed by atoms with Gasteiger partial charge in [0.2, 0.25) is 0 Å². The molecular weight excluding hydrogens is 404 g/mol. The van der Waals surface area contributed by atoms with E-state index in [4.69, 9.17) is 0 Å². The van der Waals surface area contributed by atoms with Crippen LogP contribution < -0.4 is 5.11 Å². The Balaban J connectivity index is 1.51. The molecular formula is C27H45O5-. The van der Waals surface area contributed by atoms with Crippen molar-refractivity contribution in [3.63, 3.8) is 0 Å². The van der Waals surface area contributed by atoms with E-state index in [0.717, 1.165) is 57.8 Å². The Labute approximate surface area is 194 Å². The minimum absolute atomic E-state index is 0.107. The number of aliphatic hydroxyl groups is 3. The molecule has 4 fully saturated rings. The van der Waals surface area contributed by atoms with Gasteiger partial charge in [-0.3, -0.25) is 0 Å². The van der Waals surface area contributed by atoms with Crippen LogP contribution in [0.25, 0.3) is 0 Å². The number of carboxylic acid groups (broad SMARTS) is 1. The quantitative estimate of drug-likeness (QED) is 0.578. The zero-order chi connectivity index (χ0) is 23.4. The second-order valence-electron chi connectivity index (χ2n) is 12.7. The van der Waals surface area contributed by atoms with Gasteiger partial charge in [0.05, 0.1) is 18.3 Å². The number of aliphatic carboxylic acids is 1. The maximum atomic E-state index is 11.6. The summed E-state index contributed by atoms with van der Waals surface area (Å²) in [6.45, 7) is 8.65. The molecule has 32 heavy (non-hydrogen) atoms. The highest BCUT2D eigenvalue weighted by molar-refractivity contribution is 5.66. The fourth-order valence-electron chi connectivity index (χ4n) is 9.20. The van der Waals surface area contributed by atoms with Crippen molar-refractivity contribution >= 4 is 5.97 Å². The molecule has 0 saturated heterocycles. The van der Waals surface area contributed by atoms with Gasteiger partial charge in [-0.05, 0) is 104 Å². The molecule has 3 N–H and O–H groups in total. The van der Waals surface area contributed by atoms with E-state index in [2.05, 4.69) is 20.8 Å². The van der Waals surface area contributed by atoms with Crippen LogP contribution in [0.5, 0.6) is 0 Å². The minimum atomic E-state index is -0.965. The Hall–Kier alpha value is -0.650. The molecule has 0 unspecified atom stereocenters. The Kier molecular flexibility index (Phi) is 6.77. The molecule has 0 aromatic rings. The average Bonchev–Trinajstić information content (AvgIpc) is 3.08. The predicted molar refractivity (Wildman–Crippen MR) is 121 cm³/mol. The highest BCUT2D eigenvalue weighted by Crippen LogP contribution is 2.68. The lowest BCUT2D eigenvalue weighted by Gasteiger charge is -2.63. The van der Waals surface area contributed by atoms with Crippen molar-refractivity contribution in [3.8, 4) is 0 Å². The third-order valence-electron chi connectivity index (χ3n) is 11.2. The smallest absolute Gasteiger partial charge is 0.0602 e. The van der Waals surface area contributed by atoms with Crippen molar-refractivity contribution < 1.29 is 25.2 Å². The number of aliphatic hydroxyl groups excluding tert-OH is 3. The molecule has 4 aliphatic carbocycles. The standard InChI is InChI=1S/C27H46O5/c1-15(6-5-7-16(2)25(31)32)19-8-9-20-24-21(14-23(30)27(19,20)4)26(3)11-10-18(28)12-17(26)13-22(24)29/h15-24,28-30H,5-14H2,1-4H3,(H,31,32)/p-1/t15-,16-,17+,18-,19-,20+,21+,22-,23+,24+,26+,27-/m1/s1. The molecule has 0 bridgehead atoms. The number of carbonyl (C=O) groups is 1. The second kappa shape index (κ2) is 8.85. The van der Waals surface area contributed by atoms with Gasteiger partial charge in [-0.25, -0.2) is 0 Å².